The van der Waals surface area contributed by atoms with E-state index in [9.17, 15) is 0 Å². The van der Waals surface area contributed by atoms with E-state index in [4.69, 9.17) is 32.7 Å². The Morgan fingerprint density at radius 1 is 0.900 bits per heavy atom. The lowest BCUT2D eigenvalue weighted by Crippen LogP contribution is -2.36. The van der Waals surface area contributed by atoms with Crippen LogP contribution in [-0.4, -0.2) is 26.3 Å². The molecule has 1 heterocycles. The molecule has 0 amide bonds. The number of halogens is 2. The van der Waals surface area contributed by atoms with Crippen LogP contribution in [-0.2, 0) is 17.9 Å². The van der Waals surface area contributed by atoms with Gasteiger partial charge in [0.2, 0.25) is 0 Å². The summed E-state index contributed by atoms with van der Waals surface area (Å²) in [5, 5.41) is 4.90. The van der Waals surface area contributed by atoms with Crippen LogP contribution in [0.5, 0.6) is 5.75 Å². The molecule has 1 N–H and O–H groups in total. The number of benzene rings is 3. The minimum absolute atomic E-state index is 0.440. The molecule has 6 heteroatoms. The summed E-state index contributed by atoms with van der Waals surface area (Å²) in [5.41, 5.74) is 4.14. The fourth-order valence-electron chi connectivity index (χ4n) is 3.40. The molecule has 0 spiro atoms. The van der Waals surface area contributed by atoms with E-state index >= 15 is 0 Å². The van der Waals surface area contributed by atoms with Crippen LogP contribution in [0, 0.1) is 0 Å². The maximum atomic E-state index is 6.53. The first kappa shape index (κ1) is 20.9. The van der Waals surface area contributed by atoms with Crippen LogP contribution in [0.4, 0.5) is 11.4 Å². The molecule has 0 aliphatic carbocycles. The second-order valence-electron chi connectivity index (χ2n) is 7.15. The van der Waals surface area contributed by atoms with Gasteiger partial charge in [-0.1, -0.05) is 53.5 Å². The van der Waals surface area contributed by atoms with Crippen molar-refractivity contribution < 1.29 is 9.47 Å². The Morgan fingerprint density at radius 2 is 1.73 bits per heavy atom. The van der Waals surface area contributed by atoms with E-state index in [-0.39, 0.29) is 0 Å². The summed E-state index contributed by atoms with van der Waals surface area (Å²) in [6.45, 7) is 4.34. The molecule has 4 nitrogen and oxygen atoms in total. The van der Waals surface area contributed by atoms with Crippen molar-refractivity contribution >= 4 is 34.6 Å². The van der Waals surface area contributed by atoms with Gasteiger partial charge in [-0.15, -0.1) is 0 Å². The third kappa shape index (κ3) is 5.39. The zero-order valence-electron chi connectivity index (χ0n) is 16.6. The van der Waals surface area contributed by atoms with Gasteiger partial charge in [0.25, 0.3) is 0 Å². The molecule has 1 aliphatic heterocycles. The average molecular weight is 443 g/mol. The van der Waals surface area contributed by atoms with Crippen LogP contribution in [0.3, 0.4) is 0 Å². The average Bonchev–Trinajstić information content (AvgIpc) is 2.78. The maximum absolute atomic E-state index is 6.53. The molecule has 1 fully saturated rings. The summed E-state index contributed by atoms with van der Waals surface area (Å²) in [5.74, 6) is 0.815. The Bertz CT molecular complexity index is 990. The van der Waals surface area contributed by atoms with Crippen molar-refractivity contribution in [1.29, 1.82) is 0 Å². The van der Waals surface area contributed by atoms with Crippen molar-refractivity contribution in [3.05, 3.63) is 87.9 Å². The van der Waals surface area contributed by atoms with Crippen LogP contribution in [0.1, 0.15) is 11.1 Å². The highest BCUT2D eigenvalue weighted by molar-refractivity contribution is 6.33. The smallest absolute Gasteiger partial charge is 0.120 e. The lowest BCUT2D eigenvalue weighted by molar-refractivity contribution is 0.122. The summed E-state index contributed by atoms with van der Waals surface area (Å²) in [7, 11) is 0. The van der Waals surface area contributed by atoms with Crippen LogP contribution in [0.25, 0.3) is 0 Å². The van der Waals surface area contributed by atoms with Crippen molar-refractivity contribution in [1.82, 2.24) is 0 Å². The number of ether oxygens (including phenoxy) is 2. The summed E-state index contributed by atoms with van der Waals surface area (Å²) in [4.78, 5) is 2.26. The van der Waals surface area contributed by atoms with Gasteiger partial charge in [-0.3, -0.25) is 0 Å². The minimum Gasteiger partial charge on any atom is -0.489 e. The van der Waals surface area contributed by atoms with Gasteiger partial charge < -0.3 is 19.7 Å². The highest BCUT2D eigenvalue weighted by Gasteiger charge is 2.14. The lowest BCUT2D eigenvalue weighted by atomic mass is 10.2. The minimum atomic E-state index is 0.440. The Labute approximate surface area is 187 Å². The molecule has 1 saturated heterocycles. The normalized spacial score (nSPS) is 13.9. The van der Waals surface area contributed by atoms with Crippen LogP contribution >= 0.6 is 23.2 Å². The topological polar surface area (TPSA) is 33.7 Å². The van der Waals surface area contributed by atoms with Crippen molar-refractivity contribution in [2.45, 2.75) is 13.2 Å². The molecule has 0 atom stereocenters. The van der Waals surface area contributed by atoms with E-state index in [1.807, 2.05) is 48.5 Å². The van der Waals surface area contributed by atoms with Crippen LogP contribution in [0.15, 0.2) is 66.7 Å². The molecule has 1 aliphatic rings. The van der Waals surface area contributed by atoms with Crippen molar-refractivity contribution in [3.63, 3.8) is 0 Å². The molecular formula is C24H24Cl2N2O2. The van der Waals surface area contributed by atoms with Gasteiger partial charge in [0.15, 0.2) is 0 Å². The van der Waals surface area contributed by atoms with Gasteiger partial charge in [0, 0.05) is 35.9 Å². The van der Waals surface area contributed by atoms with Gasteiger partial charge in [-0.05, 0) is 42.0 Å². The van der Waals surface area contributed by atoms with Crippen molar-refractivity contribution in [3.8, 4) is 5.75 Å². The predicted molar refractivity (Wildman–Crippen MR) is 124 cm³/mol. The third-order valence-electron chi connectivity index (χ3n) is 5.05. The summed E-state index contributed by atoms with van der Waals surface area (Å²) >= 11 is 12.7. The number of hydrogen-bond donors (Lipinski definition) is 1. The molecule has 0 saturated carbocycles. The van der Waals surface area contributed by atoms with E-state index < -0.39 is 0 Å². The summed E-state index contributed by atoms with van der Waals surface area (Å²) in [6.07, 6.45) is 0. The molecule has 0 unspecified atom stereocenters. The second-order valence-corrected chi connectivity index (χ2v) is 7.96. The second kappa shape index (κ2) is 10.1. The van der Waals surface area contributed by atoms with Gasteiger partial charge in [0.05, 0.1) is 23.9 Å². The predicted octanol–water partition coefficient (Wildman–Crippen LogP) is 6.02. The Kier molecular flexibility index (Phi) is 7.00. The van der Waals surface area contributed by atoms with Gasteiger partial charge in [-0.2, -0.15) is 0 Å². The molecule has 4 rings (SSSR count). The van der Waals surface area contributed by atoms with Crippen molar-refractivity contribution in [2.24, 2.45) is 0 Å². The van der Waals surface area contributed by atoms with Crippen LogP contribution in [0.2, 0.25) is 10.0 Å². The third-order valence-corrected chi connectivity index (χ3v) is 5.72. The number of nitrogens with zero attached hydrogens (tertiary/aromatic N) is 1. The molecule has 3 aromatic rings. The molecule has 3 aromatic carbocycles. The molecular weight excluding hydrogens is 419 g/mol. The zero-order chi connectivity index (χ0) is 20.8. The Morgan fingerprint density at radius 3 is 2.53 bits per heavy atom. The zero-order valence-corrected chi connectivity index (χ0v) is 18.1. The summed E-state index contributed by atoms with van der Waals surface area (Å²) in [6, 6.07) is 21.9. The van der Waals surface area contributed by atoms with E-state index in [2.05, 4.69) is 28.4 Å². The molecule has 0 radical (unpaired) electrons. The molecule has 0 aromatic heterocycles. The maximum Gasteiger partial charge on any atom is 0.120 e. The quantitative estimate of drug-likeness (QED) is 0.484. The highest BCUT2D eigenvalue weighted by Crippen LogP contribution is 2.30. The van der Waals surface area contributed by atoms with E-state index in [0.29, 0.717) is 18.2 Å². The van der Waals surface area contributed by atoms with Gasteiger partial charge >= 0.3 is 0 Å². The lowest BCUT2D eigenvalue weighted by Gasteiger charge is -2.29. The molecule has 30 heavy (non-hydrogen) atoms. The number of hydrogen-bond acceptors (Lipinski definition) is 4. The molecule has 156 valence electrons. The Hall–Kier alpha value is -2.40. The number of rotatable bonds is 7. The van der Waals surface area contributed by atoms with Gasteiger partial charge in [-0.25, -0.2) is 0 Å². The SMILES string of the molecule is Clc1ccccc1COc1cccc(CNc2ccc(N3CCOCC3)c(Cl)c2)c1. The highest BCUT2D eigenvalue weighted by atomic mass is 35.5. The first-order valence-corrected chi connectivity index (χ1v) is 10.8. The Balaban J connectivity index is 1.35. The fraction of sp³-hybridized carbons (Fsp3) is 0.250. The van der Waals surface area contributed by atoms with Crippen molar-refractivity contribution in [2.75, 3.05) is 36.5 Å². The first-order valence-electron chi connectivity index (χ1n) is 10.0. The molecule has 0 bridgehead atoms. The van der Waals surface area contributed by atoms with E-state index in [1.165, 1.54) is 0 Å². The number of nitrogens with one attached hydrogen (secondary N) is 1. The fourth-order valence-corrected chi connectivity index (χ4v) is 3.89. The monoisotopic (exact) mass is 442 g/mol. The van der Waals surface area contributed by atoms with E-state index in [1.54, 1.807) is 0 Å². The largest absolute Gasteiger partial charge is 0.489 e. The first-order chi connectivity index (χ1) is 14.7. The van der Waals surface area contributed by atoms with E-state index in [0.717, 1.165) is 59.6 Å². The standard InChI is InChI=1S/C24H24Cl2N2O2/c25-22-7-2-1-5-19(22)17-30-21-6-3-4-18(14-21)16-27-20-8-9-24(23(26)15-20)28-10-12-29-13-11-28/h1-9,14-15,27H,10-13,16-17H2. The number of anilines is 2. The number of morpholine rings is 1. The van der Waals surface area contributed by atoms with Gasteiger partial charge in [0.1, 0.15) is 12.4 Å². The van der Waals surface area contributed by atoms with Crippen LogP contribution < -0.4 is 15.0 Å². The summed E-state index contributed by atoms with van der Waals surface area (Å²) < 4.78 is 11.3.